The standard InChI is InChI=1S/C48H91N2O6P/c1-6-8-10-12-14-16-18-20-22-23-24-25-26-28-29-31-33-35-37-39-41-47(51)46(45-56-57(53,54)55-44-43-50(3,4)5)49-48(52)42-40-38-36-34-32-30-27-21-19-17-15-13-11-9-7-2/h17,19,25-26,31,33,39,41,46-47,51H,6-16,18,20-24,27-30,32,34-38,40,42-45H2,1-5H3,(H-,49,52,53,54)/p+1/b19-17-,26-25+,33-31+,41-39+. The molecule has 3 unspecified atom stereocenters. The third-order valence-corrected chi connectivity index (χ3v) is 11.2. The van der Waals surface area contributed by atoms with Gasteiger partial charge in [-0.2, -0.15) is 0 Å². The molecule has 0 aliphatic heterocycles. The van der Waals surface area contributed by atoms with Crippen LogP contribution in [0.5, 0.6) is 0 Å². The Morgan fingerprint density at radius 2 is 0.965 bits per heavy atom. The number of nitrogens with zero attached hydrogens (tertiary/aromatic N) is 1. The molecule has 3 atom stereocenters. The van der Waals surface area contributed by atoms with Crippen molar-refractivity contribution in [2.45, 2.75) is 212 Å². The molecule has 1 amide bonds. The van der Waals surface area contributed by atoms with Gasteiger partial charge in [-0.1, -0.05) is 172 Å². The molecule has 0 rings (SSSR count). The Balaban J connectivity index is 4.47. The summed E-state index contributed by atoms with van der Waals surface area (Å²) in [7, 11) is 1.54. The molecule has 334 valence electrons. The van der Waals surface area contributed by atoms with E-state index in [9.17, 15) is 19.4 Å². The molecular formula is C48H92N2O6P+. The number of aliphatic hydroxyl groups is 1. The summed E-state index contributed by atoms with van der Waals surface area (Å²) in [5.74, 6) is -0.197. The highest BCUT2D eigenvalue weighted by Crippen LogP contribution is 2.43. The molecule has 0 fully saturated rings. The topological polar surface area (TPSA) is 105 Å². The molecule has 0 aromatic carbocycles. The number of phosphoric ester groups is 1. The summed E-state index contributed by atoms with van der Waals surface area (Å²) < 4.78 is 23.6. The first kappa shape index (κ1) is 55.5. The second-order valence-electron chi connectivity index (χ2n) is 17.1. The van der Waals surface area contributed by atoms with Crippen LogP contribution in [0.3, 0.4) is 0 Å². The molecule has 0 aliphatic rings. The molecule has 0 aliphatic carbocycles. The van der Waals surface area contributed by atoms with Crippen LogP contribution in [-0.2, 0) is 18.4 Å². The zero-order chi connectivity index (χ0) is 42.1. The fourth-order valence-electron chi connectivity index (χ4n) is 6.48. The van der Waals surface area contributed by atoms with Gasteiger partial charge < -0.3 is 19.8 Å². The Kier molecular flexibility index (Phi) is 38.8. The van der Waals surface area contributed by atoms with Gasteiger partial charge in [0.2, 0.25) is 5.91 Å². The van der Waals surface area contributed by atoms with Gasteiger partial charge >= 0.3 is 7.82 Å². The Morgan fingerprint density at radius 1 is 0.579 bits per heavy atom. The first-order valence-electron chi connectivity index (χ1n) is 23.5. The largest absolute Gasteiger partial charge is 0.472 e. The molecule has 0 spiro atoms. The third-order valence-electron chi connectivity index (χ3n) is 10.2. The van der Waals surface area contributed by atoms with E-state index in [4.69, 9.17) is 9.05 Å². The minimum absolute atomic E-state index is 0.0518. The molecule has 0 radical (unpaired) electrons. The molecule has 9 heteroatoms. The van der Waals surface area contributed by atoms with Gasteiger partial charge in [0.05, 0.1) is 39.9 Å². The average Bonchev–Trinajstić information content (AvgIpc) is 3.16. The first-order valence-corrected chi connectivity index (χ1v) is 25.0. The minimum atomic E-state index is -4.35. The highest BCUT2D eigenvalue weighted by Gasteiger charge is 2.27. The smallest absolute Gasteiger partial charge is 0.387 e. The number of carbonyl (C=O) groups is 1. The Hall–Kier alpha value is -1.54. The van der Waals surface area contributed by atoms with Crippen LogP contribution in [0.2, 0.25) is 0 Å². The fraction of sp³-hybridized carbons (Fsp3) is 0.812. The lowest BCUT2D eigenvalue weighted by Crippen LogP contribution is -2.45. The Bertz CT molecular complexity index is 1070. The lowest BCUT2D eigenvalue weighted by Gasteiger charge is -2.25. The van der Waals surface area contributed by atoms with Crippen LogP contribution >= 0.6 is 7.82 Å². The normalized spacial score (nSPS) is 14.7. The van der Waals surface area contributed by atoms with E-state index in [1.807, 2.05) is 27.2 Å². The fourth-order valence-corrected chi connectivity index (χ4v) is 7.21. The van der Waals surface area contributed by atoms with Crippen molar-refractivity contribution in [1.29, 1.82) is 0 Å². The van der Waals surface area contributed by atoms with E-state index < -0.39 is 20.0 Å². The lowest BCUT2D eigenvalue weighted by molar-refractivity contribution is -0.870. The number of allylic oxidation sites excluding steroid dienone is 7. The molecule has 8 nitrogen and oxygen atoms in total. The molecular weight excluding hydrogens is 732 g/mol. The Morgan fingerprint density at radius 3 is 1.42 bits per heavy atom. The van der Waals surface area contributed by atoms with Crippen molar-refractivity contribution in [2.75, 3.05) is 40.9 Å². The van der Waals surface area contributed by atoms with Crippen molar-refractivity contribution in [1.82, 2.24) is 5.32 Å². The van der Waals surface area contributed by atoms with Gasteiger partial charge in [0.15, 0.2) is 0 Å². The molecule has 0 aromatic rings. The maximum atomic E-state index is 12.9. The number of nitrogens with one attached hydrogen (secondary N) is 1. The van der Waals surface area contributed by atoms with E-state index in [0.717, 1.165) is 44.9 Å². The molecule has 0 saturated heterocycles. The number of aliphatic hydroxyl groups excluding tert-OH is 1. The highest BCUT2D eigenvalue weighted by atomic mass is 31.2. The quantitative estimate of drug-likeness (QED) is 0.0245. The summed E-state index contributed by atoms with van der Waals surface area (Å²) in [6.45, 7) is 4.76. The number of carbonyl (C=O) groups excluding carboxylic acids is 1. The number of hydrogen-bond donors (Lipinski definition) is 3. The van der Waals surface area contributed by atoms with Crippen LogP contribution in [0.1, 0.15) is 200 Å². The number of hydrogen-bond acceptors (Lipinski definition) is 5. The van der Waals surface area contributed by atoms with Crippen molar-refractivity contribution >= 4 is 13.7 Å². The lowest BCUT2D eigenvalue weighted by atomic mass is 10.1. The molecule has 0 saturated carbocycles. The molecule has 57 heavy (non-hydrogen) atoms. The number of phosphoric acid groups is 1. The van der Waals surface area contributed by atoms with Crippen molar-refractivity contribution in [3.05, 3.63) is 48.6 Å². The summed E-state index contributed by atoms with van der Waals surface area (Å²) in [5, 5.41) is 13.8. The zero-order valence-corrected chi connectivity index (χ0v) is 38.7. The van der Waals surface area contributed by atoms with Crippen molar-refractivity contribution in [3.8, 4) is 0 Å². The van der Waals surface area contributed by atoms with Gasteiger partial charge in [-0.3, -0.25) is 13.8 Å². The summed E-state index contributed by atoms with van der Waals surface area (Å²) in [6.07, 6.45) is 50.4. The van der Waals surface area contributed by atoms with Gasteiger partial charge in [-0.15, -0.1) is 0 Å². The zero-order valence-electron chi connectivity index (χ0n) is 37.8. The third kappa shape index (κ3) is 42.4. The summed E-state index contributed by atoms with van der Waals surface area (Å²) >= 11 is 0. The molecule has 0 aromatic heterocycles. The number of quaternary nitrogens is 1. The molecule has 0 heterocycles. The monoisotopic (exact) mass is 824 g/mol. The van der Waals surface area contributed by atoms with E-state index in [1.54, 1.807) is 6.08 Å². The first-order chi connectivity index (χ1) is 27.5. The van der Waals surface area contributed by atoms with Crippen molar-refractivity contribution in [3.63, 3.8) is 0 Å². The number of unbranched alkanes of at least 4 members (excludes halogenated alkanes) is 23. The molecule has 3 N–H and O–H groups in total. The van der Waals surface area contributed by atoms with Crippen molar-refractivity contribution in [2.24, 2.45) is 0 Å². The second-order valence-corrected chi connectivity index (χ2v) is 18.6. The number of rotatable bonds is 42. The van der Waals surface area contributed by atoms with Crippen molar-refractivity contribution < 1.29 is 32.9 Å². The van der Waals surface area contributed by atoms with E-state index >= 15 is 0 Å². The van der Waals surface area contributed by atoms with Crippen LogP contribution in [0.4, 0.5) is 0 Å². The SMILES string of the molecule is CCCCCC/C=C\CCCCCCCCCC(=O)NC(COP(=O)(O)OCC[N+](C)(C)C)C(O)/C=C/CC/C=C/CC/C=C/CCCCCCCCCCCC. The van der Waals surface area contributed by atoms with Gasteiger partial charge in [0.1, 0.15) is 13.2 Å². The maximum Gasteiger partial charge on any atom is 0.472 e. The van der Waals surface area contributed by atoms with Gasteiger partial charge in [-0.25, -0.2) is 4.57 Å². The van der Waals surface area contributed by atoms with E-state index in [1.165, 1.54) is 135 Å². The van der Waals surface area contributed by atoms with Gasteiger partial charge in [-0.05, 0) is 70.6 Å². The van der Waals surface area contributed by atoms with Crippen LogP contribution in [-0.4, -0.2) is 73.4 Å². The van der Waals surface area contributed by atoms with Crippen LogP contribution in [0, 0.1) is 0 Å². The predicted molar refractivity (Wildman–Crippen MR) is 244 cm³/mol. The average molecular weight is 824 g/mol. The Labute approximate surface area is 352 Å². The highest BCUT2D eigenvalue weighted by molar-refractivity contribution is 7.47. The summed E-state index contributed by atoms with van der Waals surface area (Å²) in [5.41, 5.74) is 0. The summed E-state index contributed by atoms with van der Waals surface area (Å²) in [4.78, 5) is 23.1. The van der Waals surface area contributed by atoms with E-state index in [-0.39, 0.29) is 19.1 Å². The second kappa shape index (κ2) is 39.9. The van der Waals surface area contributed by atoms with Crippen LogP contribution < -0.4 is 5.32 Å². The van der Waals surface area contributed by atoms with Gasteiger partial charge in [0.25, 0.3) is 0 Å². The van der Waals surface area contributed by atoms with E-state index in [2.05, 4.69) is 55.6 Å². The van der Waals surface area contributed by atoms with Crippen LogP contribution in [0.15, 0.2) is 48.6 Å². The van der Waals surface area contributed by atoms with Crippen LogP contribution in [0.25, 0.3) is 0 Å². The number of likely N-dealkylation sites (N-methyl/N-ethyl adjacent to an activating group) is 1. The van der Waals surface area contributed by atoms with E-state index in [0.29, 0.717) is 17.4 Å². The van der Waals surface area contributed by atoms with Gasteiger partial charge in [0, 0.05) is 6.42 Å². The summed E-state index contributed by atoms with van der Waals surface area (Å²) in [6, 6.07) is -0.871. The maximum absolute atomic E-state index is 12.9. The predicted octanol–water partition coefficient (Wildman–Crippen LogP) is 13.2. The minimum Gasteiger partial charge on any atom is -0.387 e. The molecule has 0 bridgehead atoms. The number of amides is 1.